The number of nitrogens with zero attached hydrogens (tertiary/aromatic N) is 2. The normalized spacial score (nSPS) is 10.5. The van der Waals surface area contributed by atoms with Crippen molar-refractivity contribution in [3.8, 4) is 11.5 Å². The summed E-state index contributed by atoms with van der Waals surface area (Å²) in [7, 11) is 3.12. The van der Waals surface area contributed by atoms with Crippen LogP contribution in [0.15, 0.2) is 24.3 Å². The number of rotatable bonds is 6. The average Bonchev–Trinajstić information content (AvgIpc) is 2.96. The van der Waals surface area contributed by atoms with Gasteiger partial charge in [-0.1, -0.05) is 6.92 Å². The third kappa shape index (κ3) is 2.91. The van der Waals surface area contributed by atoms with Gasteiger partial charge in [-0.15, -0.1) is 0 Å². The summed E-state index contributed by atoms with van der Waals surface area (Å²) in [6.45, 7) is 4.65. The van der Waals surface area contributed by atoms with Crippen molar-refractivity contribution in [2.75, 3.05) is 14.2 Å². The molecular formula is C16H20N2O3. The molecule has 0 saturated carbocycles. The van der Waals surface area contributed by atoms with E-state index in [2.05, 4.69) is 5.10 Å². The molecule has 21 heavy (non-hydrogen) atoms. The molecule has 0 fully saturated rings. The van der Waals surface area contributed by atoms with E-state index in [0.29, 0.717) is 29.3 Å². The van der Waals surface area contributed by atoms with Crippen LogP contribution in [0.25, 0.3) is 0 Å². The molecule has 0 aliphatic carbocycles. The third-order valence-corrected chi connectivity index (χ3v) is 3.37. The number of methoxy groups -OCH3 is 2. The summed E-state index contributed by atoms with van der Waals surface area (Å²) in [6.07, 6.45) is 0.805. The summed E-state index contributed by atoms with van der Waals surface area (Å²) in [5, 5.41) is 4.41. The van der Waals surface area contributed by atoms with Gasteiger partial charge in [0.05, 0.1) is 19.9 Å². The molecule has 0 N–H and O–H groups in total. The van der Waals surface area contributed by atoms with Crippen LogP contribution in [0.4, 0.5) is 0 Å². The molecule has 1 aromatic heterocycles. The maximum atomic E-state index is 12.7. The lowest BCUT2D eigenvalue weighted by molar-refractivity contribution is 0.102. The molecule has 0 aliphatic rings. The highest BCUT2D eigenvalue weighted by atomic mass is 16.5. The van der Waals surface area contributed by atoms with Crippen molar-refractivity contribution < 1.29 is 14.3 Å². The predicted octanol–water partition coefficient (Wildman–Crippen LogP) is 2.71. The van der Waals surface area contributed by atoms with Crippen LogP contribution in [0, 0.1) is 0 Å². The Morgan fingerprint density at radius 3 is 2.43 bits per heavy atom. The van der Waals surface area contributed by atoms with Crippen LogP contribution in [0.2, 0.25) is 0 Å². The zero-order chi connectivity index (χ0) is 15.4. The quantitative estimate of drug-likeness (QED) is 0.767. The van der Waals surface area contributed by atoms with Crippen LogP contribution in [0.1, 0.15) is 35.6 Å². The molecular weight excluding hydrogens is 268 g/mol. The van der Waals surface area contributed by atoms with Crippen LogP contribution in [-0.2, 0) is 13.0 Å². The molecule has 0 saturated heterocycles. The Morgan fingerprint density at radius 1 is 1.14 bits per heavy atom. The molecule has 1 aromatic carbocycles. The Hall–Kier alpha value is -2.30. The molecule has 5 heteroatoms. The molecule has 0 aliphatic heterocycles. The number of hydrogen-bond donors (Lipinski definition) is 0. The van der Waals surface area contributed by atoms with Crippen LogP contribution < -0.4 is 9.47 Å². The van der Waals surface area contributed by atoms with Crippen molar-refractivity contribution in [3.63, 3.8) is 0 Å². The molecule has 0 atom stereocenters. The standard InChI is InChI=1S/C16H20N2O3/c1-5-12-10-13(18(6-2)17-12)16(19)11-7-8-14(20-3)15(9-11)21-4/h7-10H,5-6H2,1-4H3. The lowest BCUT2D eigenvalue weighted by Crippen LogP contribution is -2.10. The number of ketones is 1. The van der Waals surface area contributed by atoms with E-state index in [1.165, 1.54) is 0 Å². The second-order valence-corrected chi connectivity index (χ2v) is 4.59. The summed E-state index contributed by atoms with van der Waals surface area (Å²) < 4.78 is 12.2. The van der Waals surface area contributed by atoms with Crippen LogP contribution in [0.3, 0.4) is 0 Å². The molecule has 0 unspecified atom stereocenters. The first-order valence-electron chi connectivity index (χ1n) is 6.98. The number of hydrogen-bond acceptors (Lipinski definition) is 4. The van der Waals surface area contributed by atoms with E-state index in [1.807, 2.05) is 19.9 Å². The summed E-state index contributed by atoms with van der Waals surface area (Å²) >= 11 is 0. The lowest BCUT2D eigenvalue weighted by Gasteiger charge is -2.09. The minimum atomic E-state index is -0.0648. The second-order valence-electron chi connectivity index (χ2n) is 4.59. The number of carbonyl (C=O) groups excluding carboxylic acids is 1. The number of benzene rings is 1. The number of aryl methyl sites for hydroxylation is 2. The van der Waals surface area contributed by atoms with Gasteiger partial charge in [0.1, 0.15) is 5.69 Å². The summed E-state index contributed by atoms with van der Waals surface area (Å²) in [5.74, 6) is 1.08. The topological polar surface area (TPSA) is 53.4 Å². The monoisotopic (exact) mass is 288 g/mol. The van der Waals surface area contributed by atoms with E-state index < -0.39 is 0 Å². The van der Waals surface area contributed by atoms with Gasteiger partial charge < -0.3 is 9.47 Å². The molecule has 0 radical (unpaired) electrons. The van der Waals surface area contributed by atoms with E-state index in [9.17, 15) is 4.79 Å². The van der Waals surface area contributed by atoms with Crippen LogP contribution in [0.5, 0.6) is 11.5 Å². The first-order valence-corrected chi connectivity index (χ1v) is 6.98. The zero-order valence-corrected chi connectivity index (χ0v) is 12.8. The molecule has 5 nitrogen and oxygen atoms in total. The van der Waals surface area contributed by atoms with Crippen molar-refractivity contribution >= 4 is 5.78 Å². The van der Waals surface area contributed by atoms with E-state index in [1.54, 1.807) is 37.1 Å². The Labute approximate surface area is 124 Å². The van der Waals surface area contributed by atoms with Crippen molar-refractivity contribution in [2.24, 2.45) is 0 Å². The van der Waals surface area contributed by atoms with E-state index >= 15 is 0 Å². The van der Waals surface area contributed by atoms with Gasteiger partial charge in [-0.3, -0.25) is 9.48 Å². The van der Waals surface area contributed by atoms with Crippen molar-refractivity contribution in [2.45, 2.75) is 26.8 Å². The average molecular weight is 288 g/mol. The van der Waals surface area contributed by atoms with Crippen molar-refractivity contribution in [1.29, 1.82) is 0 Å². The largest absolute Gasteiger partial charge is 0.493 e. The molecule has 112 valence electrons. The maximum Gasteiger partial charge on any atom is 0.211 e. The Kier molecular flexibility index (Phi) is 4.62. The first-order chi connectivity index (χ1) is 10.1. The predicted molar refractivity (Wildman–Crippen MR) is 80.3 cm³/mol. The fourth-order valence-electron chi connectivity index (χ4n) is 2.19. The van der Waals surface area contributed by atoms with Gasteiger partial charge in [0.2, 0.25) is 5.78 Å². The number of carbonyl (C=O) groups is 1. The van der Waals surface area contributed by atoms with Gasteiger partial charge in [0, 0.05) is 12.1 Å². The lowest BCUT2D eigenvalue weighted by atomic mass is 10.1. The molecule has 0 spiro atoms. The van der Waals surface area contributed by atoms with Crippen LogP contribution in [-0.4, -0.2) is 29.8 Å². The van der Waals surface area contributed by atoms with Gasteiger partial charge in [0.15, 0.2) is 11.5 Å². The Balaban J connectivity index is 2.42. The van der Waals surface area contributed by atoms with Gasteiger partial charge in [-0.05, 0) is 37.6 Å². The van der Waals surface area contributed by atoms with Gasteiger partial charge in [-0.25, -0.2) is 0 Å². The van der Waals surface area contributed by atoms with E-state index in [4.69, 9.17) is 9.47 Å². The van der Waals surface area contributed by atoms with Crippen LogP contribution >= 0.6 is 0 Å². The first kappa shape index (κ1) is 15.1. The summed E-state index contributed by atoms with van der Waals surface area (Å²) in [6, 6.07) is 7.02. The second kappa shape index (κ2) is 6.43. The highest BCUT2D eigenvalue weighted by Gasteiger charge is 2.17. The fourth-order valence-corrected chi connectivity index (χ4v) is 2.19. The minimum Gasteiger partial charge on any atom is -0.493 e. The van der Waals surface area contributed by atoms with Gasteiger partial charge >= 0.3 is 0 Å². The van der Waals surface area contributed by atoms with Gasteiger partial charge in [-0.2, -0.15) is 5.10 Å². The zero-order valence-electron chi connectivity index (χ0n) is 12.8. The minimum absolute atomic E-state index is 0.0648. The molecule has 1 heterocycles. The van der Waals surface area contributed by atoms with Crippen molar-refractivity contribution in [3.05, 3.63) is 41.2 Å². The molecule has 2 rings (SSSR count). The third-order valence-electron chi connectivity index (χ3n) is 3.37. The molecule has 0 bridgehead atoms. The Bertz CT molecular complexity index is 647. The maximum absolute atomic E-state index is 12.7. The summed E-state index contributed by atoms with van der Waals surface area (Å²) in [5.41, 5.74) is 2.08. The summed E-state index contributed by atoms with van der Waals surface area (Å²) in [4.78, 5) is 12.7. The number of ether oxygens (including phenoxy) is 2. The Morgan fingerprint density at radius 2 is 1.86 bits per heavy atom. The van der Waals surface area contributed by atoms with Gasteiger partial charge in [0.25, 0.3) is 0 Å². The molecule has 2 aromatic rings. The van der Waals surface area contributed by atoms with Crippen molar-refractivity contribution in [1.82, 2.24) is 9.78 Å². The fraction of sp³-hybridized carbons (Fsp3) is 0.375. The van der Waals surface area contributed by atoms with E-state index in [-0.39, 0.29) is 5.78 Å². The number of aromatic nitrogens is 2. The molecule has 0 amide bonds. The highest BCUT2D eigenvalue weighted by Crippen LogP contribution is 2.28. The highest BCUT2D eigenvalue weighted by molar-refractivity contribution is 6.08. The van der Waals surface area contributed by atoms with E-state index in [0.717, 1.165) is 12.1 Å². The smallest absolute Gasteiger partial charge is 0.211 e. The SMILES string of the molecule is CCc1cc(C(=O)c2ccc(OC)c(OC)c2)n(CC)n1.